The summed E-state index contributed by atoms with van der Waals surface area (Å²) in [5.74, 6) is 0. The lowest BCUT2D eigenvalue weighted by atomic mass is 10.3. The number of hydrogen-bond donors (Lipinski definition) is 1. The third kappa shape index (κ3) is 3.73. The number of nitrogens with zero attached hydrogens (tertiary/aromatic N) is 2. The Labute approximate surface area is 114 Å². The predicted octanol–water partition coefficient (Wildman–Crippen LogP) is 0.832. The van der Waals surface area contributed by atoms with Crippen LogP contribution in [0.25, 0.3) is 0 Å². The van der Waals surface area contributed by atoms with E-state index in [0.717, 1.165) is 24.1 Å². The smallest absolute Gasteiger partial charge is 0.276 e. The Morgan fingerprint density at radius 2 is 2.00 bits per heavy atom. The molecule has 0 saturated carbocycles. The van der Waals surface area contributed by atoms with Crippen molar-refractivity contribution < 1.29 is 8.42 Å². The molecule has 2 N–H and O–H groups in total. The van der Waals surface area contributed by atoms with Gasteiger partial charge in [0.2, 0.25) is 0 Å². The van der Waals surface area contributed by atoms with Crippen LogP contribution in [0.2, 0.25) is 0 Å². The van der Waals surface area contributed by atoms with E-state index in [4.69, 9.17) is 5.14 Å². The molecule has 0 spiro atoms. The number of nitrogens with two attached hydrogens (primary N) is 1. The molecule has 1 fully saturated rings. The highest BCUT2D eigenvalue weighted by molar-refractivity contribution is 9.10. The lowest BCUT2D eigenvalue weighted by molar-refractivity contribution is 0.183. The van der Waals surface area contributed by atoms with E-state index in [2.05, 4.69) is 32.3 Å². The van der Waals surface area contributed by atoms with Gasteiger partial charge in [0.1, 0.15) is 0 Å². The summed E-state index contributed by atoms with van der Waals surface area (Å²) in [6, 6.07) is 2.09. The van der Waals surface area contributed by atoms with E-state index in [1.807, 2.05) is 0 Å². The van der Waals surface area contributed by atoms with Crippen molar-refractivity contribution in [1.82, 2.24) is 9.21 Å². The Morgan fingerprint density at radius 3 is 2.47 bits per heavy atom. The molecule has 0 radical (unpaired) electrons. The Morgan fingerprint density at radius 1 is 1.35 bits per heavy atom. The van der Waals surface area contributed by atoms with Gasteiger partial charge >= 0.3 is 0 Å². The topological polar surface area (TPSA) is 66.6 Å². The molecule has 17 heavy (non-hydrogen) atoms. The fourth-order valence-corrected chi connectivity index (χ4v) is 3.96. The summed E-state index contributed by atoms with van der Waals surface area (Å²) < 4.78 is 24.7. The largest absolute Gasteiger partial charge is 0.296 e. The first-order valence-electron chi connectivity index (χ1n) is 5.18. The highest BCUT2D eigenvalue weighted by Crippen LogP contribution is 2.21. The van der Waals surface area contributed by atoms with Gasteiger partial charge in [0.15, 0.2) is 0 Å². The van der Waals surface area contributed by atoms with Crippen LogP contribution < -0.4 is 5.14 Å². The average Bonchev–Trinajstić information content (AvgIpc) is 2.63. The van der Waals surface area contributed by atoms with Gasteiger partial charge in [-0.25, -0.2) is 5.14 Å². The zero-order valence-electron chi connectivity index (χ0n) is 9.17. The van der Waals surface area contributed by atoms with Gasteiger partial charge in [0.05, 0.1) is 0 Å². The summed E-state index contributed by atoms with van der Waals surface area (Å²) in [4.78, 5) is 3.51. The van der Waals surface area contributed by atoms with Gasteiger partial charge in [0, 0.05) is 47.5 Å². The van der Waals surface area contributed by atoms with E-state index in [1.165, 1.54) is 9.18 Å². The number of halogens is 1. The summed E-state index contributed by atoms with van der Waals surface area (Å²) >= 11 is 5.12. The summed E-state index contributed by atoms with van der Waals surface area (Å²) in [6.45, 7) is 3.28. The third-order valence-electron chi connectivity index (χ3n) is 2.69. The van der Waals surface area contributed by atoms with Crippen molar-refractivity contribution in [2.75, 3.05) is 26.2 Å². The second-order valence-electron chi connectivity index (χ2n) is 3.95. The predicted molar refractivity (Wildman–Crippen MR) is 72.0 cm³/mol. The van der Waals surface area contributed by atoms with Crippen molar-refractivity contribution in [2.45, 2.75) is 6.54 Å². The molecule has 5 nitrogen and oxygen atoms in total. The van der Waals surface area contributed by atoms with Gasteiger partial charge in [-0.1, -0.05) is 0 Å². The molecule has 2 heterocycles. The van der Waals surface area contributed by atoms with Crippen molar-refractivity contribution in [2.24, 2.45) is 5.14 Å². The van der Waals surface area contributed by atoms with Crippen LogP contribution in [0, 0.1) is 0 Å². The van der Waals surface area contributed by atoms with Crippen LogP contribution in [0.4, 0.5) is 0 Å². The minimum atomic E-state index is -3.52. The molecule has 0 aliphatic carbocycles. The average molecular weight is 340 g/mol. The van der Waals surface area contributed by atoms with Crippen LogP contribution in [0.3, 0.4) is 0 Å². The SMILES string of the molecule is NS(=O)(=O)N1CCN(Cc2cc(Br)cs2)CC1. The van der Waals surface area contributed by atoms with Crippen molar-refractivity contribution in [1.29, 1.82) is 0 Å². The van der Waals surface area contributed by atoms with Gasteiger partial charge in [-0.3, -0.25) is 4.90 Å². The minimum absolute atomic E-state index is 0.478. The molecule has 8 heteroatoms. The van der Waals surface area contributed by atoms with Crippen LogP contribution in [0.5, 0.6) is 0 Å². The van der Waals surface area contributed by atoms with Crippen molar-refractivity contribution in [3.05, 3.63) is 20.8 Å². The highest BCUT2D eigenvalue weighted by atomic mass is 79.9. The van der Waals surface area contributed by atoms with E-state index in [-0.39, 0.29) is 0 Å². The summed E-state index contributed by atoms with van der Waals surface area (Å²) in [5.41, 5.74) is 0. The molecule has 1 aliphatic rings. The maximum absolute atomic E-state index is 11.1. The molecular formula is C9H14BrN3O2S2. The van der Waals surface area contributed by atoms with Crippen molar-refractivity contribution >= 4 is 37.5 Å². The van der Waals surface area contributed by atoms with Crippen LogP contribution in [0.15, 0.2) is 15.9 Å². The highest BCUT2D eigenvalue weighted by Gasteiger charge is 2.23. The molecule has 1 aliphatic heterocycles. The van der Waals surface area contributed by atoms with E-state index in [1.54, 1.807) is 11.3 Å². The lowest BCUT2D eigenvalue weighted by Gasteiger charge is -2.32. The van der Waals surface area contributed by atoms with Gasteiger partial charge in [-0.2, -0.15) is 12.7 Å². The van der Waals surface area contributed by atoms with Crippen molar-refractivity contribution in [3.63, 3.8) is 0 Å². The maximum Gasteiger partial charge on any atom is 0.276 e. The summed E-state index contributed by atoms with van der Waals surface area (Å²) in [5, 5.41) is 7.14. The molecule has 0 bridgehead atoms. The molecule has 1 saturated heterocycles. The zero-order chi connectivity index (χ0) is 12.5. The summed E-state index contributed by atoms with van der Waals surface area (Å²) in [6.07, 6.45) is 0. The molecule has 1 aromatic heterocycles. The molecule has 96 valence electrons. The molecule has 0 aromatic carbocycles. The van der Waals surface area contributed by atoms with Gasteiger partial charge in [0.25, 0.3) is 10.2 Å². The number of rotatable bonds is 3. The summed E-state index contributed by atoms with van der Waals surface area (Å²) in [7, 11) is -3.52. The lowest BCUT2D eigenvalue weighted by Crippen LogP contribution is -2.50. The second kappa shape index (κ2) is 5.33. The first-order chi connectivity index (χ1) is 7.95. The molecule has 0 unspecified atom stereocenters. The molecule has 1 aromatic rings. The van der Waals surface area contributed by atoms with Crippen LogP contribution in [-0.4, -0.2) is 43.8 Å². The van der Waals surface area contributed by atoms with E-state index in [9.17, 15) is 8.42 Å². The molecule has 0 atom stereocenters. The number of hydrogen-bond acceptors (Lipinski definition) is 4. The van der Waals surface area contributed by atoms with Gasteiger partial charge < -0.3 is 0 Å². The zero-order valence-corrected chi connectivity index (χ0v) is 12.4. The number of piperazine rings is 1. The fourth-order valence-electron chi connectivity index (χ4n) is 1.80. The third-order valence-corrected chi connectivity index (χ3v) is 5.46. The van der Waals surface area contributed by atoms with E-state index in [0.29, 0.717) is 13.1 Å². The Hall–Kier alpha value is 0.01000. The second-order valence-corrected chi connectivity index (χ2v) is 7.41. The number of thiophene rings is 1. The Bertz CT molecular complexity index is 480. The molecular weight excluding hydrogens is 326 g/mol. The first kappa shape index (κ1) is 13.4. The van der Waals surface area contributed by atoms with Gasteiger partial charge in [-0.05, 0) is 22.0 Å². The molecule has 0 amide bonds. The fraction of sp³-hybridized carbons (Fsp3) is 0.556. The van der Waals surface area contributed by atoms with Crippen molar-refractivity contribution in [3.8, 4) is 0 Å². The molecule has 2 rings (SSSR count). The normalized spacial score (nSPS) is 19.6. The van der Waals surface area contributed by atoms with Gasteiger partial charge in [-0.15, -0.1) is 11.3 Å². The van der Waals surface area contributed by atoms with E-state index < -0.39 is 10.2 Å². The first-order valence-corrected chi connectivity index (χ1v) is 8.36. The van der Waals surface area contributed by atoms with Crippen LogP contribution >= 0.6 is 27.3 Å². The monoisotopic (exact) mass is 339 g/mol. The standard InChI is InChI=1S/C9H14BrN3O2S2/c10-8-5-9(16-7-8)6-12-1-3-13(4-2-12)17(11,14)15/h5,7H,1-4,6H2,(H2,11,14,15). The maximum atomic E-state index is 11.1. The quantitative estimate of drug-likeness (QED) is 0.886. The van der Waals surface area contributed by atoms with E-state index >= 15 is 0 Å². The Balaban J connectivity index is 1.87. The van der Waals surface area contributed by atoms with Crippen LogP contribution in [-0.2, 0) is 16.8 Å². The Kier molecular flexibility index (Phi) is 4.22. The van der Waals surface area contributed by atoms with Crippen LogP contribution in [0.1, 0.15) is 4.88 Å². The minimum Gasteiger partial charge on any atom is -0.296 e.